The molecule has 128 valence electrons. The van der Waals surface area contributed by atoms with Gasteiger partial charge in [-0.1, -0.05) is 24.3 Å². The van der Waals surface area contributed by atoms with E-state index in [9.17, 15) is 4.79 Å². The molecule has 3 aromatic rings. The van der Waals surface area contributed by atoms with E-state index < -0.39 is 0 Å². The van der Waals surface area contributed by atoms with Crippen molar-refractivity contribution in [2.45, 2.75) is 19.1 Å². The van der Waals surface area contributed by atoms with Crippen molar-refractivity contribution in [3.05, 3.63) is 60.7 Å². The Bertz CT molecular complexity index is 863. The SMILES string of the molecule is O=C(CCn1cccn1)N1CCO[C@@H](c2cc3ccccc3cn2)C1. The summed E-state index contributed by atoms with van der Waals surface area (Å²) in [5.41, 5.74) is 0.878. The first kappa shape index (κ1) is 15.8. The fourth-order valence-corrected chi connectivity index (χ4v) is 3.13. The van der Waals surface area contributed by atoms with Gasteiger partial charge in [0.25, 0.3) is 0 Å². The van der Waals surface area contributed by atoms with Crippen LogP contribution in [0, 0.1) is 0 Å². The Morgan fingerprint density at radius 1 is 1.24 bits per heavy atom. The summed E-state index contributed by atoms with van der Waals surface area (Å²) in [6.07, 6.45) is 5.73. The third-order valence-corrected chi connectivity index (χ3v) is 4.52. The van der Waals surface area contributed by atoms with Crippen LogP contribution in [-0.2, 0) is 16.1 Å². The molecule has 1 aromatic carbocycles. The molecule has 0 unspecified atom stereocenters. The number of rotatable bonds is 4. The lowest BCUT2D eigenvalue weighted by atomic mass is 10.1. The van der Waals surface area contributed by atoms with E-state index in [0.29, 0.717) is 32.7 Å². The Kier molecular flexibility index (Phi) is 4.43. The molecule has 0 radical (unpaired) electrons. The first-order valence-corrected chi connectivity index (χ1v) is 8.51. The van der Waals surface area contributed by atoms with Crippen LogP contribution in [0.4, 0.5) is 0 Å². The Morgan fingerprint density at radius 2 is 2.12 bits per heavy atom. The number of pyridine rings is 1. The average Bonchev–Trinajstić information content (AvgIpc) is 3.19. The van der Waals surface area contributed by atoms with Gasteiger partial charge in [-0.25, -0.2) is 0 Å². The number of morpholine rings is 1. The molecule has 1 atom stereocenters. The summed E-state index contributed by atoms with van der Waals surface area (Å²) in [5.74, 6) is 0.129. The van der Waals surface area contributed by atoms with E-state index in [4.69, 9.17) is 4.74 Å². The maximum Gasteiger partial charge on any atom is 0.224 e. The van der Waals surface area contributed by atoms with Crippen LogP contribution < -0.4 is 0 Å². The minimum Gasteiger partial charge on any atom is -0.368 e. The van der Waals surface area contributed by atoms with Crippen molar-refractivity contribution in [1.82, 2.24) is 19.7 Å². The molecule has 25 heavy (non-hydrogen) atoms. The summed E-state index contributed by atoms with van der Waals surface area (Å²) in [5, 5.41) is 6.38. The minimum absolute atomic E-state index is 0.129. The number of carbonyl (C=O) groups is 1. The van der Waals surface area contributed by atoms with Gasteiger partial charge in [0, 0.05) is 43.5 Å². The van der Waals surface area contributed by atoms with Crippen molar-refractivity contribution in [2.24, 2.45) is 0 Å². The first-order chi connectivity index (χ1) is 12.3. The lowest BCUT2D eigenvalue weighted by Gasteiger charge is -2.32. The molecule has 3 heterocycles. The van der Waals surface area contributed by atoms with E-state index in [-0.39, 0.29) is 12.0 Å². The number of aromatic nitrogens is 3. The predicted molar refractivity (Wildman–Crippen MR) is 93.9 cm³/mol. The van der Waals surface area contributed by atoms with E-state index in [0.717, 1.165) is 16.5 Å². The summed E-state index contributed by atoms with van der Waals surface area (Å²) in [6.45, 7) is 2.31. The maximum absolute atomic E-state index is 12.5. The van der Waals surface area contributed by atoms with Crippen molar-refractivity contribution < 1.29 is 9.53 Å². The zero-order chi connectivity index (χ0) is 17.1. The molecule has 6 heteroatoms. The number of fused-ring (bicyclic) bond motifs is 1. The number of nitrogens with zero attached hydrogens (tertiary/aromatic N) is 4. The number of benzene rings is 1. The van der Waals surface area contributed by atoms with Crippen molar-refractivity contribution >= 4 is 16.7 Å². The smallest absolute Gasteiger partial charge is 0.224 e. The summed E-state index contributed by atoms with van der Waals surface area (Å²) in [4.78, 5) is 18.9. The molecule has 2 aromatic heterocycles. The molecular weight excluding hydrogens is 316 g/mol. The minimum atomic E-state index is -0.174. The number of amides is 1. The second kappa shape index (κ2) is 7.03. The molecule has 4 rings (SSSR count). The van der Waals surface area contributed by atoms with Crippen LogP contribution in [0.15, 0.2) is 55.0 Å². The van der Waals surface area contributed by atoms with E-state index in [1.807, 2.05) is 41.6 Å². The molecule has 6 nitrogen and oxygen atoms in total. The maximum atomic E-state index is 12.5. The molecule has 1 saturated heterocycles. The third-order valence-electron chi connectivity index (χ3n) is 4.52. The van der Waals surface area contributed by atoms with Gasteiger partial charge in [-0.15, -0.1) is 0 Å². The van der Waals surface area contributed by atoms with E-state index in [2.05, 4.69) is 22.2 Å². The Labute approximate surface area is 146 Å². The lowest BCUT2D eigenvalue weighted by molar-refractivity contribution is -0.139. The van der Waals surface area contributed by atoms with Crippen molar-refractivity contribution in [3.63, 3.8) is 0 Å². The molecule has 1 fully saturated rings. The number of carbonyl (C=O) groups excluding carboxylic acids is 1. The van der Waals surface area contributed by atoms with Crippen LogP contribution in [0.1, 0.15) is 18.2 Å². The number of hydrogen-bond donors (Lipinski definition) is 0. The Morgan fingerprint density at radius 3 is 2.96 bits per heavy atom. The average molecular weight is 336 g/mol. The van der Waals surface area contributed by atoms with Gasteiger partial charge in [0.05, 0.1) is 18.8 Å². The molecule has 1 amide bonds. The molecule has 0 bridgehead atoms. The molecule has 1 aliphatic rings. The first-order valence-electron chi connectivity index (χ1n) is 8.51. The number of ether oxygens (including phenoxy) is 1. The van der Waals surface area contributed by atoms with Gasteiger partial charge in [0.1, 0.15) is 6.10 Å². The van der Waals surface area contributed by atoms with Crippen molar-refractivity contribution in [1.29, 1.82) is 0 Å². The van der Waals surface area contributed by atoms with Crippen molar-refractivity contribution in [3.8, 4) is 0 Å². The summed E-state index contributed by atoms with van der Waals surface area (Å²) in [7, 11) is 0. The highest BCUT2D eigenvalue weighted by atomic mass is 16.5. The molecule has 1 aliphatic heterocycles. The largest absolute Gasteiger partial charge is 0.368 e. The van der Waals surface area contributed by atoms with Crippen LogP contribution in [0.5, 0.6) is 0 Å². The lowest BCUT2D eigenvalue weighted by Crippen LogP contribution is -2.42. The van der Waals surface area contributed by atoms with Crippen LogP contribution in [0.2, 0.25) is 0 Å². The zero-order valence-corrected chi connectivity index (χ0v) is 13.9. The summed E-state index contributed by atoms with van der Waals surface area (Å²) in [6, 6.07) is 12.0. The molecule has 0 spiro atoms. The second-order valence-corrected chi connectivity index (χ2v) is 6.17. The summed E-state index contributed by atoms with van der Waals surface area (Å²) >= 11 is 0. The normalized spacial score (nSPS) is 17.8. The number of hydrogen-bond acceptors (Lipinski definition) is 4. The Balaban J connectivity index is 1.43. The van der Waals surface area contributed by atoms with Crippen LogP contribution in [-0.4, -0.2) is 45.3 Å². The van der Waals surface area contributed by atoms with Crippen LogP contribution >= 0.6 is 0 Å². The van der Waals surface area contributed by atoms with Gasteiger partial charge < -0.3 is 9.64 Å². The predicted octanol–water partition coefficient (Wildman–Crippen LogP) is 2.42. The van der Waals surface area contributed by atoms with E-state index in [1.54, 1.807) is 10.9 Å². The van der Waals surface area contributed by atoms with Gasteiger partial charge in [0.15, 0.2) is 0 Å². The van der Waals surface area contributed by atoms with E-state index in [1.165, 1.54) is 0 Å². The monoisotopic (exact) mass is 336 g/mol. The molecular formula is C19H20N4O2. The highest BCUT2D eigenvalue weighted by molar-refractivity contribution is 5.82. The van der Waals surface area contributed by atoms with Gasteiger partial charge in [-0.05, 0) is 17.5 Å². The standard InChI is InChI=1S/C19H20N4O2/c24-19(6-9-23-8-3-7-21-23)22-10-11-25-18(14-22)17-12-15-4-1-2-5-16(15)13-20-17/h1-5,7-8,12-13,18H,6,9-11,14H2/t18-/m1/s1. The van der Waals surface area contributed by atoms with E-state index >= 15 is 0 Å². The fourth-order valence-electron chi connectivity index (χ4n) is 3.13. The molecule has 0 saturated carbocycles. The fraction of sp³-hybridized carbons (Fsp3) is 0.316. The van der Waals surface area contributed by atoms with Crippen molar-refractivity contribution in [2.75, 3.05) is 19.7 Å². The Hall–Kier alpha value is -2.73. The third kappa shape index (κ3) is 3.53. The van der Waals surface area contributed by atoms with Gasteiger partial charge in [-0.3, -0.25) is 14.5 Å². The quantitative estimate of drug-likeness (QED) is 0.734. The van der Waals surface area contributed by atoms with Gasteiger partial charge >= 0.3 is 0 Å². The number of aryl methyl sites for hydroxylation is 1. The topological polar surface area (TPSA) is 60.2 Å². The highest BCUT2D eigenvalue weighted by Crippen LogP contribution is 2.24. The summed E-state index contributed by atoms with van der Waals surface area (Å²) < 4.78 is 7.65. The van der Waals surface area contributed by atoms with Crippen LogP contribution in [0.25, 0.3) is 10.8 Å². The molecule has 0 N–H and O–H groups in total. The van der Waals surface area contributed by atoms with Gasteiger partial charge in [-0.2, -0.15) is 5.10 Å². The zero-order valence-electron chi connectivity index (χ0n) is 13.9. The molecule has 0 aliphatic carbocycles. The second-order valence-electron chi connectivity index (χ2n) is 6.17. The van der Waals surface area contributed by atoms with Crippen LogP contribution in [0.3, 0.4) is 0 Å². The van der Waals surface area contributed by atoms with Gasteiger partial charge in [0.2, 0.25) is 5.91 Å². The highest BCUT2D eigenvalue weighted by Gasteiger charge is 2.26.